The number of carboxylic acid groups (broad SMARTS) is 1. The zero-order chi connectivity index (χ0) is 19.8. The standard InChI is InChI=1S/C15H6Cl4F3NO3/c16-9-7(8(14(25)26)10(17)12(19)11(9)18)13(24)23-6-3-1-5(2-4-6)15(20,21)22/h1-4H,(H,23,24)(H,25,26). The van der Waals surface area contributed by atoms with Gasteiger partial charge in [0, 0.05) is 5.69 Å². The van der Waals surface area contributed by atoms with Gasteiger partial charge in [0.1, 0.15) is 0 Å². The van der Waals surface area contributed by atoms with Gasteiger partial charge in [0.2, 0.25) is 0 Å². The molecule has 0 unspecified atom stereocenters. The quantitative estimate of drug-likeness (QED) is 0.431. The number of aromatic carboxylic acids is 1. The maximum absolute atomic E-state index is 12.6. The second-order valence-electron chi connectivity index (χ2n) is 4.84. The van der Waals surface area contributed by atoms with E-state index in [1.165, 1.54) is 0 Å². The number of amides is 1. The third kappa shape index (κ3) is 4.01. The number of rotatable bonds is 3. The van der Waals surface area contributed by atoms with E-state index in [0.717, 1.165) is 24.3 Å². The molecule has 0 spiro atoms. The molecule has 0 saturated heterocycles. The molecule has 0 aliphatic rings. The van der Waals surface area contributed by atoms with E-state index in [2.05, 4.69) is 5.32 Å². The number of carbonyl (C=O) groups is 2. The molecule has 0 saturated carbocycles. The van der Waals surface area contributed by atoms with Crippen LogP contribution in [-0.4, -0.2) is 17.0 Å². The molecule has 138 valence electrons. The SMILES string of the molecule is O=C(O)c1c(Cl)c(Cl)c(Cl)c(Cl)c1C(=O)Nc1ccc(C(F)(F)F)cc1. The van der Waals surface area contributed by atoms with Crippen molar-refractivity contribution < 1.29 is 27.9 Å². The van der Waals surface area contributed by atoms with Crippen molar-refractivity contribution in [2.75, 3.05) is 5.32 Å². The van der Waals surface area contributed by atoms with Crippen LogP contribution in [-0.2, 0) is 6.18 Å². The van der Waals surface area contributed by atoms with E-state index in [0.29, 0.717) is 0 Å². The summed E-state index contributed by atoms with van der Waals surface area (Å²) < 4.78 is 37.7. The Morgan fingerprint density at radius 2 is 1.31 bits per heavy atom. The van der Waals surface area contributed by atoms with Crippen molar-refractivity contribution in [2.24, 2.45) is 0 Å². The van der Waals surface area contributed by atoms with Crippen molar-refractivity contribution in [3.63, 3.8) is 0 Å². The molecular weight excluding hydrogens is 441 g/mol. The molecule has 0 aliphatic carbocycles. The first-order valence-corrected chi connectivity index (χ1v) is 8.04. The second-order valence-corrected chi connectivity index (χ2v) is 6.35. The number of carbonyl (C=O) groups excluding carboxylic acids is 1. The molecule has 2 N–H and O–H groups in total. The Hall–Kier alpha value is -1.67. The molecular formula is C15H6Cl4F3NO3. The molecule has 0 fully saturated rings. The van der Waals surface area contributed by atoms with Gasteiger partial charge in [0.05, 0.1) is 36.8 Å². The van der Waals surface area contributed by atoms with Crippen LogP contribution in [0.15, 0.2) is 24.3 Å². The minimum absolute atomic E-state index is 0.0300. The molecule has 2 aromatic rings. The van der Waals surface area contributed by atoms with Gasteiger partial charge in [-0.05, 0) is 24.3 Å². The van der Waals surface area contributed by atoms with Crippen LogP contribution < -0.4 is 5.32 Å². The van der Waals surface area contributed by atoms with Crippen LogP contribution >= 0.6 is 46.4 Å². The van der Waals surface area contributed by atoms with Crippen LogP contribution in [0.5, 0.6) is 0 Å². The highest BCUT2D eigenvalue weighted by Gasteiger charge is 2.31. The van der Waals surface area contributed by atoms with Gasteiger partial charge in [0.15, 0.2) is 0 Å². The number of nitrogens with one attached hydrogen (secondary N) is 1. The van der Waals surface area contributed by atoms with Crippen molar-refractivity contribution in [1.82, 2.24) is 0 Å². The summed E-state index contributed by atoms with van der Waals surface area (Å²) in [6, 6.07) is 3.48. The Kier molecular flexibility index (Phi) is 5.97. The summed E-state index contributed by atoms with van der Waals surface area (Å²) in [6.45, 7) is 0. The maximum atomic E-state index is 12.6. The largest absolute Gasteiger partial charge is 0.478 e. The van der Waals surface area contributed by atoms with Crippen LogP contribution in [0.25, 0.3) is 0 Å². The topological polar surface area (TPSA) is 66.4 Å². The van der Waals surface area contributed by atoms with Crippen LogP contribution in [0.2, 0.25) is 20.1 Å². The van der Waals surface area contributed by atoms with Gasteiger partial charge < -0.3 is 10.4 Å². The minimum Gasteiger partial charge on any atom is -0.478 e. The third-order valence-corrected chi connectivity index (χ3v) is 4.98. The Bertz CT molecular complexity index is 899. The van der Waals surface area contributed by atoms with E-state index in [1.54, 1.807) is 0 Å². The highest BCUT2D eigenvalue weighted by Crippen LogP contribution is 2.41. The van der Waals surface area contributed by atoms with Crippen LogP contribution in [0.3, 0.4) is 0 Å². The van der Waals surface area contributed by atoms with Crippen LogP contribution in [0, 0.1) is 0 Å². The molecule has 11 heteroatoms. The van der Waals surface area contributed by atoms with E-state index in [9.17, 15) is 27.9 Å². The van der Waals surface area contributed by atoms with Gasteiger partial charge in [0.25, 0.3) is 5.91 Å². The zero-order valence-electron chi connectivity index (χ0n) is 12.2. The highest BCUT2D eigenvalue weighted by molar-refractivity contribution is 6.54. The Morgan fingerprint density at radius 1 is 0.846 bits per heavy atom. The van der Waals surface area contributed by atoms with Crippen LogP contribution in [0.1, 0.15) is 26.3 Å². The van der Waals surface area contributed by atoms with E-state index >= 15 is 0 Å². The number of benzene rings is 2. The molecule has 0 bridgehead atoms. The molecule has 0 heterocycles. The fourth-order valence-electron chi connectivity index (χ4n) is 1.98. The van der Waals surface area contributed by atoms with Gasteiger partial charge in [-0.25, -0.2) is 4.79 Å². The Morgan fingerprint density at radius 3 is 1.73 bits per heavy atom. The van der Waals surface area contributed by atoms with E-state index in [4.69, 9.17) is 46.4 Å². The lowest BCUT2D eigenvalue weighted by Crippen LogP contribution is -2.18. The summed E-state index contributed by atoms with van der Waals surface area (Å²) in [5, 5.41) is 9.88. The van der Waals surface area contributed by atoms with Crippen molar-refractivity contribution in [3.05, 3.63) is 61.0 Å². The molecule has 1 amide bonds. The smallest absolute Gasteiger partial charge is 0.416 e. The average molecular weight is 447 g/mol. The van der Waals surface area contributed by atoms with E-state index < -0.39 is 44.8 Å². The molecule has 0 radical (unpaired) electrons. The van der Waals surface area contributed by atoms with Gasteiger partial charge in [-0.1, -0.05) is 46.4 Å². The first kappa shape index (κ1) is 20.6. The minimum atomic E-state index is -4.54. The van der Waals surface area contributed by atoms with E-state index in [1.807, 2.05) is 0 Å². The number of anilines is 1. The number of hydrogen-bond acceptors (Lipinski definition) is 2. The van der Waals surface area contributed by atoms with Crippen molar-refractivity contribution >= 4 is 64.0 Å². The molecule has 2 aromatic carbocycles. The summed E-state index contributed by atoms with van der Waals surface area (Å²) in [4.78, 5) is 23.8. The predicted molar refractivity (Wildman–Crippen MR) is 92.8 cm³/mol. The van der Waals surface area contributed by atoms with Crippen LogP contribution in [0.4, 0.5) is 18.9 Å². The lowest BCUT2D eigenvalue weighted by atomic mass is 10.1. The molecule has 4 nitrogen and oxygen atoms in total. The lowest BCUT2D eigenvalue weighted by molar-refractivity contribution is -0.137. The van der Waals surface area contributed by atoms with Crippen molar-refractivity contribution in [1.29, 1.82) is 0 Å². The molecule has 0 aliphatic heterocycles. The van der Waals surface area contributed by atoms with Crippen molar-refractivity contribution in [3.8, 4) is 0 Å². The first-order chi connectivity index (χ1) is 11.9. The maximum Gasteiger partial charge on any atom is 0.416 e. The number of hydrogen-bond donors (Lipinski definition) is 2. The molecule has 26 heavy (non-hydrogen) atoms. The summed E-state index contributed by atoms with van der Waals surface area (Å²) in [7, 11) is 0. The number of carboxylic acids is 1. The summed E-state index contributed by atoms with van der Waals surface area (Å²) >= 11 is 23.4. The zero-order valence-corrected chi connectivity index (χ0v) is 15.2. The highest BCUT2D eigenvalue weighted by atomic mass is 35.5. The first-order valence-electron chi connectivity index (χ1n) is 6.53. The number of halogens is 7. The van der Waals surface area contributed by atoms with Gasteiger partial charge in [-0.3, -0.25) is 4.79 Å². The fourth-order valence-corrected chi connectivity index (χ4v) is 3.00. The predicted octanol–water partition coefficient (Wildman–Crippen LogP) is 6.27. The molecule has 0 aromatic heterocycles. The van der Waals surface area contributed by atoms with E-state index in [-0.39, 0.29) is 15.7 Å². The normalized spacial score (nSPS) is 11.3. The van der Waals surface area contributed by atoms with Gasteiger partial charge >= 0.3 is 12.1 Å². The summed E-state index contributed by atoms with van der Waals surface area (Å²) in [6.07, 6.45) is -4.54. The summed E-state index contributed by atoms with van der Waals surface area (Å²) in [5.74, 6) is -2.62. The number of alkyl halides is 3. The van der Waals surface area contributed by atoms with Crippen molar-refractivity contribution in [2.45, 2.75) is 6.18 Å². The Labute approximate surface area is 164 Å². The Balaban J connectivity index is 2.46. The lowest BCUT2D eigenvalue weighted by Gasteiger charge is -2.14. The molecule has 0 atom stereocenters. The second kappa shape index (κ2) is 7.52. The molecule has 2 rings (SSSR count). The van der Waals surface area contributed by atoms with Gasteiger partial charge in [-0.15, -0.1) is 0 Å². The average Bonchev–Trinajstić information content (AvgIpc) is 2.55. The summed E-state index contributed by atoms with van der Waals surface area (Å²) in [5.41, 5.74) is -2.20. The van der Waals surface area contributed by atoms with Gasteiger partial charge in [-0.2, -0.15) is 13.2 Å². The fraction of sp³-hybridized carbons (Fsp3) is 0.0667. The third-order valence-electron chi connectivity index (χ3n) is 3.18. The monoisotopic (exact) mass is 445 g/mol.